The van der Waals surface area contributed by atoms with Crippen molar-refractivity contribution in [2.75, 3.05) is 7.11 Å². The molecule has 0 aliphatic rings. The van der Waals surface area contributed by atoms with Gasteiger partial charge in [0.05, 0.1) is 0 Å². The van der Waals surface area contributed by atoms with Gasteiger partial charge in [0.2, 0.25) is 0 Å². The third-order valence-electron chi connectivity index (χ3n) is 2.58. The quantitative estimate of drug-likeness (QED) is 0.823. The van der Waals surface area contributed by atoms with E-state index in [-0.39, 0.29) is 12.1 Å². The first-order chi connectivity index (χ1) is 8.06. The van der Waals surface area contributed by atoms with Gasteiger partial charge in [-0.25, -0.2) is 9.97 Å². The SMILES string of the molecule is CCCC(OC)c1nc(C)cc(CC(C)N)n1. The van der Waals surface area contributed by atoms with Gasteiger partial charge in [0.1, 0.15) is 6.10 Å². The average molecular weight is 237 g/mol. The summed E-state index contributed by atoms with van der Waals surface area (Å²) in [7, 11) is 1.71. The van der Waals surface area contributed by atoms with Crippen LogP contribution >= 0.6 is 0 Å². The first-order valence-corrected chi connectivity index (χ1v) is 6.19. The Bertz CT molecular complexity index is 353. The molecule has 1 heterocycles. The second-order valence-corrected chi connectivity index (χ2v) is 4.55. The zero-order valence-corrected chi connectivity index (χ0v) is 11.2. The van der Waals surface area contributed by atoms with Gasteiger partial charge in [-0.15, -0.1) is 0 Å². The van der Waals surface area contributed by atoms with E-state index in [2.05, 4.69) is 16.9 Å². The Kier molecular flexibility index (Phi) is 5.51. The van der Waals surface area contributed by atoms with Crippen LogP contribution in [0, 0.1) is 6.92 Å². The summed E-state index contributed by atoms with van der Waals surface area (Å²) in [6.45, 7) is 6.09. The van der Waals surface area contributed by atoms with Gasteiger partial charge in [-0.3, -0.25) is 0 Å². The van der Waals surface area contributed by atoms with Crippen LogP contribution in [-0.2, 0) is 11.2 Å². The van der Waals surface area contributed by atoms with Crippen molar-refractivity contribution in [3.05, 3.63) is 23.3 Å². The fourth-order valence-corrected chi connectivity index (χ4v) is 1.85. The van der Waals surface area contributed by atoms with E-state index in [0.717, 1.165) is 36.5 Å². The highest BCUT2D eigenvalue weighted by Gasteiger charge is 2.14. The van der Waals surface area contributed by atoms with Gasteiger partial charge >= 0.3 is 0 Å². The van der Waals surface area contributed by atoms with Crippen LogP contribution in [0.3, 0.4) is 0 Å². The van der Waals surface area contributed by atoms with Crippen molar-refractivity contribution in [3.8, 4) is 0 Å². The second kappa shape index (κ2) is 6.67. The zero-order valence-electron chi connectivity index (χ0n) is 11.2. The highest BCUT2D eigenvalue weighted by Crippen LogP contribution is 2.19. The molecule has 0 aliphatic carbocycles. The number of methoxy groups -OCH3 is 1. The molecule has 0 saturated heterocycles. The van der Waals surface area contributed by atoms with E-state index in [1.54, 1.807) is 7.11 Å². The number of hydrogen-bond acceptors (Lipinski definition) is 4. The van der Waals surface area contributed by atoms with Crippen LogP contribution in [0.5, 0.6) is 0 Å². The molecule has 2 N–H and O–H groups in total. The minimum atomic E-state index is -0.00766. The highest BCUT2D eigenvalue weighted by molar-refractivity contribution is 5.12. The first-order valence-electron chi connectivity index (χ1n) is 6.19. The molecule has 96 valence electrons. The molecule has 2 unspecified atom stereocenters. The molecule has 0 fully saturated rings. The largest absolute Gasteiger partial charge is 0.373 e. The number of nitrogens with zero attached hydrogens (tertiary/aromatic N) is 2. The highest BCUT2D eigenvalue weighted by atomic mass is 16.5. The lowest BCUT2D eigenvalue weighted by Gasteiger charge is -2.15. The van der Waals surface area contributed by atoms with Crippen LogP contribution in [0.15, 0.2) is 6.07 Å². The molecule has 1 aromatic heterocycles. The Morgan fingerprint density at radius 3 is 2.65 bits per heavy atom. The average Bonchev–Trinajstić information content (AvgIpc) is 2.23. The molecule has 1 rings (SSSR count). The molecule has 0 aromatic carbocycles. The maximum absolute atomic E-state index is 5.80. The third kappa shape index (κ3) is 4.40. The Hall–Kier alpha value is -1.00. The van der Waals surface area contributed by atoms with Crippen molar-refractivity contribution < 1.29 is 4.74 Å². The molecule has 0 bridgehead atoms. The molecule has 4 heteroatoms. The van der Waals surface area contributed by atoms with Gasteiger partial charge in [0.15, 0.2) is 5.82 Å². The zero-order chi connectivity index (χ0) is 12.8. The summed E-state index contributed by atoms with van der Waals surface area (Å²) in [5.74, 6) is 0.782. The summed E-state index contributed by atoms with van der Waals surface area (Å²) in [6, 6.07) is 2.11. The lowest BCUT2D eigenvalue weighted by molar-refractivity contribution is 0.0872. The first kappa shape index (κ1) is 14.1. The minimum absolute atomic E-state index is 0.00766. The summed E-state index contributed by atoms with van der Waals surface area (Å²) in [5.41, 5.74) is 7.78. The molecular weight excluding hydrogens is 214 g/mol. The molecule has 17 heavy (non-hydrogen) atoms. The number of hydrogen-bond donors (Lipinski definition) is 1. The second-order valence-electron chi connectivity index (χ2n) is 4.55. The van der Waals surface area contributed by atoms with Crippen molar-refractivity contribution in [2.45, 2.75) is 52.2 Å². The minimum Gasteiger partial charge on any atom is -0.373 e. The molecule has 1 aromatic rings. The van der Waals surface area contributed by atoms with Crippen LogP contribution in [0.25, 0.3) is 0 Å². The van der Waals surface area contributed by atoms with Gasteiger partial charge in [0.25, 0.3) is 0 Å². The van der Waals surface area contributed by atoms with Gasteiger partial charge in [-0.2, -0.15) is 0 Å². The van der Waals surface area contributed by atoms with E-state index < -0.39 is 0 Å². The van der Waals surface area contributed by atoms with E-state index in [1.165, 1.54) is 0 Å². The van der Waals surface area contributed by atoms with E-state index >= 15 is 0 Å². The molecule has 4 nitrogen and oxygen atoms in total. The summed E-state index contributed by atoms with van der Waals surface area (Å²) >= 11 is 0. The number of aromatic nitrogens is 2. The van der Waals surface area contributed by atoms with Crippen molar-refractivity contribution in [1.82, 2.24) is 9.97 Å². The molecule has 2 atom stereocenters. The monoisotopic (exact) mass is 237 g/mol. The van der Waals surface area contributed by atoms with Gasteiger partial charge in [-0.05, 0) is 26.3 Å². The van der Waals surface area contributed by atoms with E-state index in [4.69, 9.17) is 10.5 Å². The predicted octanol–water partition coefficient (Wildman–Crippen LogP) is 2.16. The van der Waals surface area contributed by atoms with Crippen LogP contribution in [0.2, 0.25) is 0 Å². The Labute approximate surface area is 104 Å². The summed E-state index contributed by atoms with van der Waals surface area (Å²) < 4.78 is 5.44. The van der Waals surface area contributed by atoms with E-state index in [0.29, 0.717) is 0 Å². The normalized spacial score (nSPS) is 14.6. The Morgan fingerprint density at radius 2 is 2.12 bits per heavy atom. The maximum Gasteiger partial charge on any atom is 0.157 e. The molecule has 0 radical (unpaired) electrons. The Morgan fingerprint density at radius 1 is 1.41 bits per heavy atom. The molecule has 0 spiro atoms. The number of ether oxygens (including phenoxy) is 1. The summed E-state index contributed by atoms with van der Waals surface area (Å²) in [5, 5.41) is 0. The topological polar surface area (TPSA) is 61.0 Å². The van der Waals surface area contributed by atoms with E-state index in [1.807, 2.05) is 19.9 Å². The van der Waals surface area contributed by atoms with Crippen LogP contribution < -0.4 is 5.73 Å². The summed E-state index contributed by atoms with van der Waals surface area (Å²) in [6.07, 6.45) is 2.77. The molecule has 0 amide bonds. The Balaban J connectivity index is 2.94. The fourth-order valence-electron chi connectivity index (χ4n) is 1.85. The molecule has 0 saturated carbocycles. The van der Waals surface area contributed by atoms with Crippen molar-refractivity contribution >= 4 is 0 Å². The molecule has 0 aliphatic heterocycles. The number of rotatable bonds is 6. The van der Waals surface area contributed by atoms with Crippen LogP contribution in [-0.4, -0.2) is 23.1 Å². The van der Waals surface area contributed by atoms with Gasteiger partial charge in [-0.1, -0.05) is 13.3 Å². The number of aryl methyl sites for hydroxylation is 1. The van der Waals surface area contributed by atoms with E-state index in [9.17, 15) is 0 Å². The van der Waals surface area contributed by atoms with Crippen molar-refractivity contribution in [1.29, 1.82) is 0 Å². The fraction of sp³-hybridized carbons (Fsp3) is 0.692. The smallest absolute Gasteiger partial charge is 0.157 e. The van der Waals surface area contributed by atoms with Crippen LogP contribution in [0.4, 0.5) is 0 Å². The maximum atomic E-state index is 5.80. The predicted molar refractivity (Wildman–Crippen MR) is 68.8 cm³/mol. The van der Waals surface area contributed by atoms with Gasteiger partial charge < -0.3 is 10.5 Å². The van der Waals surface area contributed by atoms with Gasteiger partial charge in [0, 0.05) is 31.0 Å². The summed E-state index contributed by atoms with van der Waals surface area (Å²) in [4.78, 5) is 9.00. The lowest BCUT2D eigenvalue weighted by atomic mass is 10.1. The number of nitrogens with two attached hydrogens (primary N) is 1. The third-order valence-corrected chi connectivity index (χ3v) is 2.58. The standard InChI is InChI=1S/C13H23N3O/c1-5-6-12(17-4)13-15-10(3)8-11(16-13)7-9(2)14/h8-9,12H,5-7,14H2,1-4H3. The van der Waals surface area contributed by atoms with Crippen molar-refractivity contribution in [2.24, 2.45) is 5.73 Å². The van der Waals surface area contributed by atoms with Crippen molar-refractivity contribution in [3.63, 3.8) is 0 Å². The van der Waals surface area contributed by atoms with Crippen LogP contribution in [0.1, 0.15) is 50.0 Å². The lowest BCUT2D eigenvalue weighted by Crippen LogP contribution is -2.20. The molecular formula is C13H23N3O.